The van der Waals surface area contributed by atoms with Gasteiger partial charge in [0, 0.05) is 18.6 Å². The number of rotatable bonds is 7. The first-order valence-corrected chi connectivity index (χ1v) is 6.86. The predicted octanol–water partition coefficient (Wildman–Crippen LogP) is 1.79. The molecule has 1 aromatic carbocycles. The third-order valence-corrected chi connectivity index (χ3v) is 2.52. The van der Waals surface area contributed by atoms with E-state index in [0.29, 0.717) is 24.5 Å². The van der Waals surface area contributed by atoms with Crippen LogP contribution in [0.2, 0.25) is 0 Å². The molecule has 0 heterocycles. The second-order valence-corrected chi connectivity index (χ2v) is 4.29. The Morgan fingerprint density at radius 2 is 2.24 bits per heavy atom. The summed E-state index contributed by atoms with van der Waals surface area (Å²) in [6.45, 7) is 2.58. The van der Waals surface area contributed by atoms with Gasteiger partial charge in [0.2, 0.25) is 5.91 Å². The number of hydrogen-bond donors (Lipinski definition) is 2. The predicted molar refractivity (Wildman–Crippen MR) is 81.3 cm³/mol. The first-order valence-electron chi connectivity index (χ1n) is 6.86. The molecule has 5 nitrogen and oxygen atoms in total. The molecule has 0 radical (unpaired) electrons. The fourth-order valence-corrected chi connectivity index (χ4v) is 1.60. The van der Waals surface area contributed by atoms with Crippen molar-refractivity contribution in [2.75, 3.05) is 32.2 Å². The molecular weight excluding hydrogens is 270 g/mol. The molecule has 1 amide bonds. The smallest absolute Gasteiger partial charge is 0.250 e. The number of aliphatic hydroxyl groups is 1. The third-order valence-electron chi connectivity index (χ3n) is 2.52. The summed E-state index contributed by atoms with van der Waals surface area (Å²) in [6.07, 6.45) is 1.28. The average molecular weight is 291 g/mol. The highest BCUT2D eigenvalue weighted by atomic mass is 16.5. The molecule has 0 aromatic heterocycles. The zero-order valence-electron chi connectivity index (χ0n) is 12.4. The molecule has 1 rings (SSSR count). The lowest BCUT2D eigenvalue weighted by Gasteiger charge is -2.10. The topological polar surface area (TPSA) is 67.8 Å². The number of hydrogen-bond acceptors (Lipinski definition) is 4. The molecule has 114 valence electrons. The van der Waals surface area contributed by atoms with Crippen LogP contribution in [0.25, 0.3) is 0 Å². The Balaban J connectivity index is 2.76. The number of amides is 1. The van der Waals surface area contributed by atoms with E-state index in [9.17, 15) is 4.79 Å². The second-order valence-electron chi connectivity index (χ2n) is 4.29. The van der Waals surface area contributed by atoms with Gasteiger partial charge >= 0.3 is 0 Å². The number of carbonyl (C=O) groups excluding carboxylic acids is 1. The zero-order valence-corrected chi connectivity index (χ0v) is 12.4. The number of nitrogens with one attached hydrogen (secondary N) is 1. The molecule has 0 fully saturated rings. The minimum absolute atomic E-state index is 0.0113. The highest BCUT2D eigenvalue weighted by molar-refractivity contribution is 5.93. The molecule has 21 heavy (non-hydrogen) atoms. The minimum atomic E-state index is -0.234. The van der Waals surface area contributed by atoms with Gasteiger partial charge in [-0.3, -0.25) is 4.79 Å². The van der Waals surface area contributed by atoms with Crippen LogP contribution < -0.4 is 10.1 Å². The van der Waals surface area contributed by atoms with Crippen molar-refractivity contribution in [3.05, 3.63) is 23.8 Å². The molecule has 1 aromatic rings. The second kappa shape index (κ2) is 9.81. The maximum atomic E-state index is 11.8. The Bertz CT molecular complexity index is 517. The van der Waals surface area contributed by atoms with Crippen LogP contribution in [0.5, 0.6) is 5.75 Å². The fraction of sp³-hybridized carbons (Fsp3) is 0.438. The summed E-state index contributed by atoms with van der Waals surface area (Å²) >= 11 is 0. The normalized spacial score (nSPS) is 9.67. The van der Waals surface area contributed by atoms with Gasteiger partial charge in [-0.2, -0.15) is 0 Å². The van der Waals surface area contributed by atoms with Crippen molar-refractivity contribution in [2.45, 2.75) is 19.8 Å². The van der Waals surface area contributed by atoms with E-state index in [2.05, 4.69) is 17.2 Å². The van der Waals surface area contributed by atoms with Gasteiger partial charge in [-0.1, -0.05) is 18.8 Å². The van der Waals surface area contributed by atoms with Crippen molar-refractivity contribution in [3.63, 3.8) is 0 Å². The van der Waals surface area contributed by atoms with Crippen molar-refractivity contribution < 1.29 is 19.4 Å². The summed E-state index contributed by atoms with van der Waals surface area (Å²) < 4.78 is 10.4. The molecule has 2 N–H and O–H groups in total. The SMILES string of the molecule is CCCOCC(=O)Nc1cc(C#CCCO)ccc1OC. The monoisotopic (exact) mass is 291 g/mol. The third kappa shape index (κ3) is 6.30. The van der Waals surface area contributed by atoms with Gasteiger partial charge in [0.05, 0.1) is 19.4 Å². The molecule has 0 atom stereocenters. The molecule has 0 saturated heterocycles. The van der Waals surface area contributed by atoms with Gasteiger partial charge in [-0.25, -0.2) is 0 Å². The maximum absolute atomic E-state index is 11.8. The van der Waals surface area contributed by atoms with Gasteiger partial charge < -0.3 is 19.9 Å². The van der Waals surface area contributed by atoms with E-state index in [1.165, 1.54) is 7.11 Å². The lowest BCUT2D eigenvalue weighted by molar-refractivity contribution is -0.120. The lowest BCUT2D eigenvalue weighted by Crippen LogP contribution is -2.19. The number of methoxy groups -OCH3 is 1. The Labute approximate surface area is 125 Å². The molecule has 0 aliphatic carbocycles. The van der Waals surface area contributed by atoms with Gasteiger partial charge in [0.1, 0.15) is 12.4 Å². The van der Waals surface area contributed by atoms with Crippen LogP contribution in [0.4, 0.5) is 5.69 Å². The van der Waals surface area contributed by atoms with Gasteiger partial charge in [0.15, 0.2) is 0 Å². The Morgan fingerprint density at radius 3 is 2.90 bits per heavy atom. The first kappa shape index (κ1) is 17.0. The molecule has 0 saturated carbocycles. The van der Waals surface area contributed by atoms with Gasteiger partial charge in [-0.05, 0) is 24.6 Å². The standard InChI is InChI=1S/C16H21NO4/c1-3-10-21-12-16(19)17-14-11-13(6-4-5-9-18)7-8-15(14)20-2/h7-8,11,18H,3,5,9-10,12H2,1-2H3,(H,17,19). The fourth-order valence-electron chi connectivity index (χ4n) is 1.60. The Morgan fingerprint density at radius 1 is 1.43 bits per heavy atom. The number of aliphatic hydroxyl groups excluding tert-OH is 1. The first-order chi connectivity index (χ1) is 10.2. The Kier molecular flexibility index (Phi) is 7.95. The molecule has 0 unspecified atom stereocenters. The molecule has 0 spiro atoms. The van der Waals surface area contributed by atoms with Crippen LogP contribution in [-0.4, -0.2) is 37.9 Å². The quantitative estimate of drug-likeness (QED) is 0.594. The van der Waals surface area contributed by atoms with Crippen molar-refractivity contribution in [1.29, 1.82) is 0 Å². The molecule has 0 aliphatic heterocycles. The van der Waals surface area contributed by atoms with Crippen molar-refractivity contribution in [2.24, 2.45) is 0 Å². The molecular formula is C16H21NO4. The Hall–Kier alpha value is -2.03. The van der Waals surface area contributed by atoms with Crippen LogP contribution in [0.15, 0.2) is 18.2 Å². The highest BCUT2D eigenvalue weighted by Crippen LogP contribution is 2.25. The van der Waals surface area contributed by atoms with Crippen molar-refractivity contribution in [1.82, 2.24) is 0 Å². The van der Waals surface area contributed by atoms with E-state index < -0.39 is 0 Å². The highest BCUT2D eigenvalue weighted by Gasteiger charge is 2.08. The molecule has 0 bridgehead atoms. The van der Waals surface area contributed by atoms with Crippen LogP contribution in [0.3, 0.4) is 0 Å². The molecule has 0 aliphatic rings. The number of carbonyl (C=O) groups is 1. The van der Waals surface area contributed by atoms with E-state index in [1.54, 1.807) is 18.2 Å². The van der Waals surface area contributed by atoms with Crippen LogP contribution in [0.1, 0.15) is 25.3 Å². The summed E-state index contributed by atoms with van der Waals surface area (Å²) in [7, 11) is 1.54. The number of ether oxygens (including phenoxy) is 2. The van der Waals surface area contributed by atoms with E-state index in [1.807, 2.05) is 6.92 Å². The summed E-state index contributed by atoms with van der Waals surface area (Å²) in [5.74, 6) is 6.08. The van der Waals surface area contributed by atoms with Crippen molar-refractivity contribution >= 4 is 11.6 Å². The maximum Gasteiger partial charge on any atom is 0.250 e. The van der Waals surface area contributed by atoms with E-state index in [0.717, 1.165) is 12.0 Å². The number of benzene rings is 1. The van der Waals surface area contributed by atoms with Crippen molar-refractivity contribution in [3.8, 4) is 17.6 Å². The summed E-state index contributed by atoms with van der Waals surface area (Å²) in [5, 5.41) is 11.5. The van der Waals surface area contributed by atoms with Crippen LogP contribution in [0, 0.1) is 11.8 Å². The van der Waals surface area contributed by atoms with Crippen LogP contribution >= 0.6 is 0 Å². The van der Waals surface area contributed by atoms with Gasteiger partial charge in [0.25, 0.3) is 0 Å². The minimum Gasteiger partial charge on any atom is -0.495 e. The average Bonchev–Trinajstić information content (AvgIpc) is 2.48. The summed E-state index contributed by atoms with van der Waals surface area (Å²) in [6, 6.07) is 5.28. The zero-order chi connectivity index (χ0) is 15.5. The summed E-state index contributed by atoms with van der Waals surface area (Å²) in [4.78, 5) is 11.8. The number of anilines is 1. The summed E-state index contributed by atoms with van der Waals surface area (Å²) in [5.41, 5.74) is 1.30. The lowest BCUT2D eigenvalue weighted by atomic mass is 10.2. The van der Waals surface area contributed by atoms with Gasteiger partial charge in [-0.15, -0.1) is 0 Å². The van der Waals surface area contributed by atoms with E-state index in [4.69, 9.17) is 14.6 Å². The van der Waals surface area contributed by atoms with Crippen LogP contribution in [-0.2, 0) is 9.53 Å². The largest absolute Gasteiger partial charge is 0.495 e. The van der Waals surface area contributed by atoms with E-state index in [-0.39, 0.29) is 19.1 Å². The van der Waals surface area contributed by atoms with E-state index >= 15 is 0 Å². The molecule has 5 heteroatoms.